The van der Waals surface area contributed by atoms with Crippen molar-refractivity contribution >= 4 is 29.1 Å². The van der Waals surface area contributed by atoms with Crippen LogP contribution in [0.1, 0.15) is 17.4 Å². The van der Waals surface area contributed by atoms with E-state index >= 15 is 0 Å². The average molecular weight is 291 g/mol. The first-order valence-corrected chi connectivity index (χ1v) is 6.09. The molecule has 0 saturated carbocycles. The molecular weight excluding hydrogens is 277 g/mol. The second-order valence-corrected chi connectivity index (χ2v) is 4.14. The fourth-order valence-corrected chi connectivity index (χ4v) is 1.77. The molecule has 21 heavy (non-hydrogen) atoms. The van der Waals surface area contributed by atoms with Crippen molar-refractivity contribution in [3.8, 4) is 5.75 Å². The van der Waals surface area contributed by atoms with E-state index in [9.17, 15) is 9.18 Å². The summed E-state index contributed by atoms with van der Waals surface area (Å²) in [5, 5.41) is 0.241. The van der Waals surface area contributed by atoms with Crippen molar-refractivity contribution < 1.29 is 18.7 Å². The molecule has 0 radical (unpaired) electrons. The molecule has 1 aromatic carbocycles. The maximum Gasteiger partial charge on any atom is 0.354 e. The Hall–Kier alpha value is -2.70. The zero-order valence-corrected chi connectivity index (χ0v) is 11.8. The molecule has 110 valence electrons. The molecule has 0 atom stereocenters. The van der Waals surface area contributed by atoms with Gasteiger partial charge >= 0.3 is 5.97 Å². The Morgan fingerprint density at radius 3 is 2.86 bits per heavy atom. The van der Waals surface area contributed by atoms with Gasteiger partial charge in [-0.15, -0.1) is 0 Å². The number of nitrogens with one attached hydrogen (secondary N) is 1. The highest BCUT2D eigenvalue weighted by atomic mass is 19.1. The number of aromatic amines is 1. The summed E-state index contributed by atoms with van der Waals surface area (Å²) < 4.78 is 24.2. The third-order valence-corrected chi connectivity index (χ3v) is 2.72. The predicted molar refractivity (Wildman–Crippen MR) is 77.7 cm³/mol. The van der Waals surface area contributed by atoms with Crippen molar-refractivity contribution in [3.63, 3.8) is 0 Å². The van der Waals surface area contributed by atoms with E-state index in [0.717, 1.165) is 0 Å². The van der Waals surface area contributed by atoms with Gasteiger partial charge in [0.1, 0.15) is 12.0 Å². The van der Waals surface area contributed by atoms with Crippen molar-refractivity contribution in [2.45, 2.75) is 6.92 Å². The molecule has 0 aliphatic rings. The van der Waals surface area contributed by atoms with Crippen molar-refractivity contribution in [2.75, 3.05) is 14.2 Å². The smallest absolute Gasteiger partial charge is 0.354 e. The minimum atomic E-state index is -0.582. The van der Waals surface area contributed by atoms with Crippen LogP contribution in [0.4, 0.5) is 4.39 Å². The van der Waals surface area contributed by atoms with Crippen LogP contribution in [-0.4, -0.2) is 37.3 Å². The van der Waals surface area contributed by atoms with Gasteiger partial charge in [-0.25, -0.2) is 14.2 Å². The van der Waals surface area contributed by atoms with Gasteiger partial charge in [-0.05, 0) is 18.2 Å². The highest BCUT2D eigenvalue weighted by Crippen LogP contribution is 2.27. The molecule has 0 fully saturated rings. The van der Waals surface area contributed by atoms with Crippen LogP contribution in [0.2, 0.25) is 0 Å². The summed E-state index contributed by atoms with van der Waals surface area (Å²) in [6.45, 7) is 1.59. The van der Waals surface area contributed by atoms with Crippen LogP contribution in [0.25, 0.3) is 10.9 Å². The molecule has 2 aromatic rings. The van der Waals surface area contributed by atoms with Crippen LogP contribution >= 0.6 is 0 Å². The molecule has 7 heteroatoms. The number of hydrogen-bond donors (Lipinski definition) is 1. The molecule has 0 saturated heterocycles. The number of hydrogen-bond acceptors (Lipinski definition) is 4. The largest absolute Gasteiger partial charge is 0.464 e. The fourth-order valence-electron chi connectivity index (χ4n) is 1.77. The van der Waals surface area contributed by atoms with E-state index in [1.165, 1.54) is 25.6 Å². The van der Waals surface area contributed by atoms with Crippen molar-refractivity contribution in [1.82, 2.24) is 4.98 Å². The number of esters is 1. The average Bonchev–Trinajstić information content (AvgIpc) is 2.92. The van der Waals surface area contributed by atoms with Crippen LogP contribution in [-0.2, 0) is 4.74 Å². The summed E-state index contributed by atoms with van der Waals surface area (Å²) in [6, 6.07) is 4.45. The Bertz CT molecular complexity index is 734. The lowest BCUT2D eigenvalue weighted by atomic mass is 10.2. The second-order valence-electron chi connectivity index (χ2n) is 4.14. The van der Waals surface area contributed by atoms with E-state index in [0.29, 0.717) is 5.52 Å². The Balaban J connectivity index is 2.39. The molecule has 0 amide bonds. The number of aliphatic imine (C=N–C) groups is 2. The molecular formula is C14H14FN3O3. The SMILES string of the molecule is CN=CN=C(C)Oc1ccc2[nH]c(C(=O)OC)cc2c1F. The van der Waals surface area contributed by atoms with E-state index in [1.54, 1.807) is 20.0 Å². The zero-order chi connectivity index (χ0) is 15.4. The van der Waals surface area contributed by atoms with Crippen LogP contribution in [0, 0.1) is 5.82 Å². The monoisotopic (exact) mass is 291 g/mol. The predicted octanol–water partition coefficient (Wildman–Crippen LogP) is 2.55. The Kier molecular flexibility index (Phi) is 4.32. The van der Waals surface area contributed by atoms with Crippen LogP contribution in [0.15, 0.2) is 28.2 Å². The molecule has 1 aromatic heterocycles. The Morgan fingerprint density at radius 2 is 2.19 bits per heavy atom. The maximum atomic E-state index is 14.3. The molecule has 0 aliphatic carbocycles. The molecule has 0 bridgehead atoms. The lowest BCUT2D eigenvalue weighted by Crippen LogP contribution is -2.04. The van der Waals surface area contributed by atoms with Gasteiger partial charge in [-0.1, -0.05) is 0 Å². The standard InChI is InChI=1S/C14H14FN3O3/c1-8(17-7-16-2)21-12-5-4-10-9(13(12)15)6-11(18-10)14(19)20-3/h4-7,18H,1-3H3. The van der Waals surface area contributed by atoms with Crippen LogP contribution in [0.5, 0.6) is 5.75 Å². The zero-order valence-electron chi connectivity index (χ0n) is 11.8. The third kappa shape index (κ3) is 3.07. The first-order chi connectivity index (χ1) is 10.1. The molecule has 1 heterocycles. The van der Waals surface area contributed by atoms with Gasteiger partial charge < -0.3 is 14.5 Å². The summed E-state index contributed by atoms with van der Waals surface area (Å²) in [5.41, 5.74) is 0.650. The number of carbonyl (C=O) groups excluding carboxylic acids is 1. The number of aromatic nitrogens is 1. The van der Waals surface area contributed by atoms with Gasteiger partial charge in [0.15, 0.2) is 17.5 Å². The molecule has 1 N–H and O–H groups in total. The lowest BCUT2D eigenvalue weighted by Gasteiger charge is -2.05. The van der Waals surface area contributed by atoms with Crippen molar-refractivity contribution in [2.24, 2.45) is 9.98 Å². The minimum Gasteiger partial charge on any atom is -0.464 e. The number of methoxy groups -OCH3 is 1. The van der Waals surface area contributed by atoms with Gasteiger partial charge in [-0.3, -0.25) is 4.99 Å². The van der Waals surface area contributed by atoms with Gasteiger partial charge in [0.25, 0.3) is 0 Å². The summed E-state index contributed by atoms with van der Waals surface area (Å²) in [4.78, 5) is 21.8. The van der Waals surface area contributed by atoms with Crippen molar-refractivity contribution in [3.05, 3.63) is 29.7 Å². The topological polar surface area (TPSA) is 76.0 Å². The molecule has 0 unspecified atom stereocenters. The summed E-state index contributed by atoms with van der Waals surface area (Å²) >= 11 is 0. The number of fused-ring (bicyclic) bond motifs is 1. The molecule has 6 nitrogen and oxygen atoms in total. The van der Waals surface area contributed by atoms with E-state index in [1.807, 2.05) is 0 Å². The van der Waals surface area contributed by atoms with E-state index in [-0.39, 0.29) is 22.7 Å². The fraction of sp³-hybridized carbons (Fsp3) is 0.214. The maximum absolute atomic E-state index is 14.3. The number of benzene rings is 1. The summed E-state index contributed by atoms with van der Waals surface area (Å²) in [5.74, 6) is -0.877. The number of ether oxygens (including phenoxy) is 2. The van der Waals surface area contributed by atoms with E-state index < -0.39 is 11.8 Å². The highest BCUT2D eigenvalue weighted by molar-refractivity contribution is 5.95. The number of carbonyl (C=O) groups is 1. The van der Waals surface area contributed by atoms with Gasteiger partial charge in [0, 0.05) is 24.9 Å². The van der Waals surface area contributed by atoms with E-state index in [2.05, 4.69) is 19.7 Å². The quantitative estimate of drug-likeness (QED) is 0.536. The first-order valence-electron chi connectivity index (χ1n) is 6.09. The minimum absolute atomic E-state index is 0.0173. The van der Waals surface area contributed by atoms with Crippen LogP contribution < -0.4 is 4.74 Å². The number of H-pyrrole nitrogens is 1. The summed E-state index contributed by atoms with van der Waals surface area (Å²) in [6.07, 6.45) is 1.30. The highest BCUT2D eigenvalue weighted by Gasteiger charge is 2.15. The Morgan fingerprint density at radius 1 is 1.43 bits per heavy atom. The van der Waals surface area contributed by atoms with Gasteiger partial charge in [-0.2, -0.15) is 0 Å². The van der Waals surface area contributed by atoms with Gasteiger partial charge in [0.2, 0.25) is 0 Å². The first kappa shape index (κ1) is 14.7. The summed E-state index contributed by atoms with van der Waals surface area (Å²) in [7, 11) is 2.82. The second kappa shape index (κ2) is 6.17. The third-order valence-electron chi connectivity index (χ3n) is 2.72. The number of rotatable bonds is 3. The van der Waals surface area contributed by atoms with Crippen molar-refractivity contribution in [1.29, 1.82) is 0 Å². The number of halogens is 1. The molecule has 0 aliphatic heterocycles. The molecule has 0 spiro atoms. The molecule has 2 rings (SSSR count). The van der Waals surface area contributed by atoms with Gasteiger partial charge in [0.05, 0.1) is 7.11 Å². The number of nitrogens with zero attached hydrogens (tertiary/aromatic N) is 2. The Labute approximate surface area is 120 Å². The van der Waals surface area contributed by atoms with E-state index in [4.69, 9.17) is 4.74 Å². The lowest BCUT2D eigenvalue weighted by molar-refractivity contribution is 0.0595. The normalized spacial score (nSPS) is 12.1. The van der Waals surface area contributed by atoms with Crippen LogP contribution in [0.3, 0.4) is 0 Å².